The summed E-state index contributed by atoms with van der Waals surface area (Å²) in [4.78, 5) is -0.500. The molecule has 0 aliphatic heterocycles. The molecule has 64 valence electrons. The van der Waals surface area contributed by atoms with Crippen LogP contribution in [0.15, 0.2) is 9.52 Å². The van der Waals surface area contributed by atoms with Crippen LogP contribution in [0.1, 0.15) is 13.8 Å². The second-order valence-electron chi connectivity index (χ2n) is 2.92. The molecule has 1 rings (SSSR count). The number of rotatable bonds is 1. The Labute approximate surface area is 86.4 Å². The van der Waals surface area contributed by atoms with Crippen molar-refractivity contribution >= 4 is 46.4 Å². The van der Waals surface area contributed by atoms with E-state index >= 15 is 0 Å². The van der Waals surface area contributed by atoms with Crippen molar-refractivity contribution in [3.63, 3.8) is 0 Å². The summed E-state index contributed by atoms with van der Waals surface area (Å²) in [5, 5.41) is 0.377. The van der Waals surface area contributed by atoms with Crippen LogP contribution in [0, 0.1) is 11.8 Å². The summed E-state index contributed by atoms with van der Waals surface area (Å²) >= 11 is 23.0. The van der Waals surface area contributed by atoms with Gasteiger partial charge in [0.05, 0.1) is 9.91 Å². The SMILES string of the molecule is C[C@H]1[C@H](C)C1(Cl)C(Cl)=C(Cl)Cl. The van der Waals surface area contributed by atoms with E-state index in [1.165, 1.54) is 0 Å². The summed E-state index contributed by atoms with van der Waals surface area (Å²) < 4.78 is 0.0814. The monoisotopic (exact) mass is 232 g/mol. The fourth-order valence-corrected chi connectivity index (χ4v) is 2.43. The van der Waals surface area contributed by atoms with Crippen LogP contribution in [0.5, 0.6) is 0 Å². The van der Waals surface area contributed by atoms with Gasteiger partial charge in [-0.1, -0.05) is 48.7 Å². The van der Waals surface area contributed by atoms with Gasteiger partial charge < -0.3 is 0 Å². The first-order valence-corrected chi connectivity index (χ1v) is 4.83. The van der Waals surface area contributed by atoms with E-state index in [-0.39, 0.29) is 4.49 Å². The Balaban J connectivity index is 2.87. The molecule has 0 heterocycles. The van der Waals surface area contributed by atoms with E-state index in [0.29, 0.717) is 16.9 Å². The second kappa shape index (κ2) is 2.99. The Bertz CT molecular complexity index is 196. The molecule has 1 saturated carbocycles. The predicted molar refractivity (Wildman–Crippen MR) is 51.5 cm³/mol. The van der Waals surface area contributed by atoms with Crippen molar-refractivity contribution in [2.45, 2.75) is 18.7 Å². The smallest absolute Gasteiger partial charge is 0.112 e. The molecule has 0 radical (unpaired) electrons. The van der Waals surface area contributed by atoms with Crippen molar-refractivity contribution in [1.82, 2.24) is 0 Å². The lowest BCUT2D eigenvalue weighted by molar-refractivity contribution is 0.834. The van der Waals surface area contributed by atoms with E-state index in [0.717, 1.165) is 0 Å². The normalized spacial score (nSPS) is 42.0. The number of halogens is 4. The molecule has 0 spiro atoms. The van der Waals surface area contributed by atoms with Crippen LogP contribution in [0.3, 0.4) is 0 Å². The van der Waals surface area contributed by atoms with Gasteiger partial charge in [0.15, 0.2) is 0 Å². The first-order valence-electron chi connectivity index (χ1n) is 3.32. The molecule has 1 aliphatic carbocycles. The summed E-state index contributed by atoms with van der Waals surface area (Å²) in [5.41, 5.74) is 0. The molecule has 0 amide bonds. The maximum absolute atomic E-state index is 6.13. The zero-order valence-corrected chi connectivity index (χ0v) is 9.19. The number of hydrogen-bond acceptors (Lipinski definition) is 0. The molecule has 0 N–H and O–H groups in total. The highest BCUT2D eigenvalue weighted by Crippen LogP contribution is 2.61. The first-order chi connectivity index (χ1) is 4.92. The fourth-order valence-electron chi connectivity index (χ4n) is 1.27. The standard InChI is InChI=1S/C7H8Cl4/c1-3-4(2)7(3,11)5(8)6(9)10/h3-4H,1-2H3/t3-,4-/m0/s1. The third-order valence-electron chi connectivity index (χ3n) is 2.47. The van der Waals surface area contributed by atoms with Gasteiger partial charge in [-0.15, -0.1) is 11.6 Å². The van der Waals surface area contributed by atoms with Crippen molar-refractivity contribution in [1.29, 1.82) is 0 Å². The summed E-state index contributed by atoms with van der Waals surface area (Å²) in [5.74, 6) is 0.702. The molecule has 0 nitrogen and oxygen atoms in total. The lowest BCUT2D eigenvalue weighted by Gasteiger charge is -2.05. The molecule has 4 heteroatoms. The highest BCUT2D eigenvalue weighted by Gasteiger charge is 2.61. The third kappa shape index (κ3) is 1.39. The Morgan fingerprint density at radius 3 is 1.55 bits per heavy atom. The first kappa shape index (κ1) is 9.98. The molecule has 1 fully saturated rings. The molecule has 1 aliphatic rings. The maximum atomic E-state index is 6.13. The van der Waals surface area contributed by atoms with Crippen LogP contribution < -0.4 is 0 Å². The molecule has 0 saturated heterocycles. The van der Waals surface area contributed by atoms with Crippen LogP contribution in [-0.2, 0) is 0 Å². The number of allylic oxidation sites excluding steroid dienone is 1. The average Bonchev–Trinajstić information content (AvgIpc) is 2.41. The average molecular weight is 234 g/mol. The van der Waals surface area contributed by atoms with Gasteiger partial charge in [-0.2, -0.15) is 0 Å². The van der Waals surface area contributed by atoms with Gasteiger partial charge in [-0.25, -0.2) is 0 Å². The molecule has 0 bridgehead atoms. The molecule has 0 unspecified atom stereocenters. The van der Waals surface area contributed by atoms with Crippen LogP contribution >= 0.6 is 46.4 Å². The molecule has 2 atom stereocenters. The van der Waals surface area contributed by atoms with Crippen molar-refractivity contribution in [2.75, 3.05) is 0 Å². The van der Waals surface area contributed by atoms with Crippen molar-refractivity contribution in [2.24, 2.45) is 11.8 Å². The van der Waals surface area contributed by atoms with Crippen LogP contribution in [-0.4, -0.2) is 4.87 Å². The van der Waals surface area contributed by atoms with E-state index < -0.39 is 4.87 Å². The van der Waals surface area contributed by atoms with Gasteiger partial charge in [0.1, 0.15) is 4.49 Å². The maximum Gasteiger partial charge on any atom is 0.123 e. The number of alkyl halides is 1. The minimum Gasteiger partial charge on any atom is -0.112 e. The van der Waals surface area contributed by atoms with Gasteiger partial charge in [0.25, 0.3) is 0 Å². The highest BCUT2D eigenvalue weighted by molar-refractivity contribution is 6.60. The van der Waals surface area contributed by atoms with Gasteiger partial charge >= 0.3 is 0 Å². The molecular weight excluding hydrogens is 226 g/mol. The van der Waals surface area contributed by atoms with Gasteiger partial charge in [0, 0.05) is 0 Å². The van der Waals surface area contributed by atoms with Crippen LogP contribution in [0.4, 0.5) is 0 Å². The summed E-state index contributed by atoms with van der Waals surface area (Å²) in [6.07, 6.45) is 0. The van der Waals surface area contributed by atoms with E-state index in [2.05, 4.69) is 0 Å². The zero-order chi connectivity index (χ0) is 8.81. The summed E-state index contributed by atoms with van der Waals surface area (Å²) in [6, 6.07) is 0. The third-order valence-corrected chi connectivity index (χ3v) is 4.52. The van der Waals surface area contributed by atoms with E-state index in [1.54, 1.807) is 0 Å². The highest BCUT2D eigenvalue weighted by atomic mass is 35.5. The van der Waals surface area contributed by atoms with Crippen LogP contribution in [0.2, 0.25) is 0 Å². The van der Waals surface area contributed by atoms with Crippen LogP contribution in [0.25, 0.3) is 0 Å². The van der Waals surface area contributed by atoms with Gasteiger partial charge in [0.2, 0.25) is 0 Å². The molecule has 11 heavy (non-hydrogen) atoms. The minimum absolute atomic E-state index is 0.0814. The molecular formula is C7H8Cl4. The predicted octanol–water partition coefficient (Wildman–Crippen LogP) is 4.14. The van der Waals surface area contributed by atoms with Gasteiger partial charge in [-0.3, -0.25) is 0 Å². The zero-order valence-electron chi connectivity index (χ0n) is 6.17. The summed E-state index contributed by atoms with van der Waals surface area (Å²) in [7, 11) is 0. The fraction of sp³-hybridized carbons (Fsp3) is 0.714. The lowest BCUT2D eigenvalue weighted by Crippen LogP contribution is -2.03. The minimum atomic E-state index is -0.500. The van der Waals surface area contributed by atoms with Crippen molar-refractivity contribution in [3.8, 4) is 0 Å². The second-order valence-corrected chi connectivity index (χ2v) is 4.87. The summed E-state index contributed by atoms with van der Waals surface area (Å²) in [6.45, 7) is 4.05. The lowest BCUT2D eigenvalue weighted by atomic mass is 10.3. The largest absolute Gasteiger partial charge is 0.123 e. The van der Waals surface area contributed by atoms with Gasteiger partial charge in [-0.05, 0) is 11.8 Å². The Kier molecular flexibility index (Phi) is 2.71. The quantitative estimate of drug-likeness (QED) is 0.598. The van der Waals surface area contributed by atoms with Crippen molar-refractivity contribution < 1.29 is 0 Å². The number of hydrogen-bond donors (Lipinski definition) is 0. The Hall–Kier alpha value is 0.900. The van der Waals surface area contributed by atoms with Crippen molar-refractivity contribution in [3.05, 3.63) is 9.52 Å². The molecule has 0 aromatic rings. The topological polar surface area (TPSA) is 0 Å². The Morgan fingerprint density at radius 1 is 1.09 bits per heavy atom. The Morgan fingerprint density at radius 2 is 1.45 bits per heavy atom. The van der Waals surface area contributed by atoms with E-state index in [1.807, 2.05) is 13.8 Å². The molecule has 0 aromatic carbocycles. The van der Waals surface area contributed by atoms with E-state index in [4.69, 9.17) is 46.4 Å². The van der Waals surface area contributed by atoms with E-state index in [9.17, 15) is 0 Å². The molecule has 0 aromatic heterocycles.